The Balaban J connectivity index is 0.955. The summed E-state index contributed by atoms with van der Waals surface area (Å²) in [5.74, 6) is -3.42. The number of hydrogen-bond acceptors (Lipinski definition) is 9. The van der Waals surface area contributed by atoms with E-state index < -0.39 is 51.9 Å². The number of rotatable bonds is 6. The number of amides is 4. The molecule has 1 aliphatic carbocycles. The molecule has 4 amide bonds. The van der Waals surface area contributed by atoms with Crippen molar-refractivity contribution in [3.63, 3.8) is 0 Å². The normalized spacial score (nSPS) is 24.7. The molecule has 266 valence electrons. The summed E-state index contributed by atoms with van der Waals surface area (Å²) >= 11 is 0. The smallest absolute Gasteiger partial charge is 0.329 e. The average molecular weight is 720 g/mol. The molecule has 2 bridgehead atoms. The third kappa shape index (κ3) is 5.51. The molecule has 4 aliphatic heterocycles. The summed E-state index contributed by atoms with van der Waals surface area (Å²) < 4.78 is 45.2. The zero-order chi connectivity index (χ0) is 35.9. The number of nitrogens with one attached hydrogen (secondary N) is 3. The molecule has 5 fully saturated rings. The lowest BCUT2D eigenvalue weighted by molar-refractivity contribution is -0.135. The van der Waals surface area contributed by atoms with Crippen LogP contribution >= 0.6 is 0 Å². The summed E-state index contributed by atoms with van der Waals surface area (Å²) in [6.07, 6.45) is 4.00. The molecule has 4 aromatic rings. The van der Waals surface area contributed by atoms with E-state index in [1.54, 1.807) is 11.8 Å². The maximum atomic E-state index is 15.5. The van der Waals surface area contributed by atoms with Crippen molar-refractivity contribution in [1.29, 1.82) is 0 Å². The number of nitrogens with zero attached hydrogens (tertiary/aromatic N) is 4. The Bertz CT molecular complexity index is 2370. The molecule has 4 unspecified atom stereocenters. The van der Waals surface area contributed by atoms with Crippen LogP contribution in [-0.4, -0.2) is 76.4 Å². The van der Waals surface area contributed by atoms with Crippen LogP contribution < -0.4 is 25.4 Å². The number of anilines is 2. The van der Waals surface area contributed by atoms with Gasteiger partial charge in [0, 0.05) is 36.6 Å². The van der Waals surface area contributed by atoms with Gasteiger partial charge in [0.1, 0.15) is 24.0 Å². The number of hydrogen-bond donors (Lipinski definition) is 4. The van der Waals surface area contributed by atoms with Crippen molar-refractivity contribution < 1.29 is 37.1 Å². The Kier molecular flexibility index (Phi) is 7.68. The van der Waals surface area contributed by atoms with Gasteiger partial charge in [-0.15, -0.1) is 0 Å². The molecular weight excluding hydrogens is 685 g/mol. The summed E-state index contributed by atoms with van der Waals surface area (Å²) in [5.41, 5.74) is 1.85. The van der Waals surface area contributed by atoms with Gasteiger partial charge in [0.05, 0.1) is 17.6 Å². The number of halogens is 1. The van der Waals surface area contributed by atoms with Crippen LogP contribution in [0.5, 0.6) is 5.75 Å². The molecular formula is C34H34FN7O8S. The van der Waals surface area contributed by atoms with E-state index in [0.29, 0.717) is 21.0 Å². The van der Waals surface area contributed by atoms with Gasteiger partial charge >= 0.3 is 15.9 Å². The summed E-state index contributed by atoms with van der Waals surface area (Å²) in [7, 11) is -2.67. The number of aryl methyl sites for hydroxylation is 1. The summed E-state index contributed by atoms with van der Waals surface area (Å²) in [5, 5.41) is 16.0. The molecule has 3 aromatic carbocycles. The molecule has 4 saturated heterocycles. The van der Waals surface area contributed by atoms with Gasteiger partial charge in [0.25, 0.3) is 5.91 Å². The predicted octanol–water partition coefficient (Wildman–Crippen LogP) is 1.85. The minimum Gasteiger partial charge on any atom is -0.506 e. The molecule has 51 heavy (non-hydrogen) atoms. The molecule has 4 N–H and O–H groups in total. The van der Waals surface area contributed by atoms with E-state index in [-0.39, 0.29) is 65.7 Å². The maximum Gasteiger partial charge on any atom is 0.329 e. The number of aromatic hydroxyl groups is 1. The summed E-state index contributed by atoms with van der Waals surface area (Å²) in [6.45, 7) is -0.516. The Hall–Kier alpha value is -5.29. The van der Waals surface area contributed by atoms with Gasteiger partial charge in [-0.1, -0.05) is 6.07 Å². The molecule has 17 heteroatoms. The fourth-order valence-corrected chi connectivity index (χ4v) is 9.35. The van der Waals surface area contributed by atoms with Crippen molar-refractivity contribution >= 4 is 67.0 Å². The first-order chi connectivity index (χ1) is 24.3. The third-order valence-electron chi connectivity index (χ3n) is 10.7. The van der Waals surface area contributed by atoms with Crippen LogP contribution in [-0.2, 0) is 36.4 Å². The second-order valence-electron chi connectivity index (χ2n) is 13.7. The van der Waals surface area contributed by atoms with Crippen molar-refractivity contribution in [3.05, 3.63) is 64.3 Å². The molecule has 5 heterocycles. The second-order valence-corrected chi connectivity index (χ2v) is 15.3. The SMILES string of the molecule is Cn1c(=O)n(C2CCC(=O)NC2=O)c2ccc(C3CCC4CC(C3)N4CC(=O)Nc3ccc4c(F)c(N5CC(=O)NS5(=O)=O)c(O)cc4c3)cc21. The van der Waals surface area contributed by atoms with E-state index in [2.05, 4.69) is 15.5 Å². The Morgan fingerprint density at radius 1 is 0.980 bits per heavy atom. The zero-order valence-corrected chi connectivity index (χ0v) is 28.2. The van der Waals surface area contributed by atoms with Crippen LogP contribution in [0.3, 0.4) is 0 Å². The first-order valence-corrected chi connectivity index (χ1v) is 18.1. The van der Waals surface area contributed by atoms with E-state index in [1.165, 1.54) is 33.4 Å². The number of carbonyl (C=O) groups is 4. The number of phenolic OH excluding ortho intramolecular Hbond substituents is 1. The van der Waals surface area contributed by atoms with Gasteiger partial charge in [0.15, 0.2) is 5.82 Å². The second kappa shape index (κ2) is 11.9. The monoisotopic (exact) mass is 719 g/mol. The average Bonchev–Trinajstić information content (AvgIpc) is 3.29. The Labute approximate surface area is 290 Å². The van der Waals surface area contributed by atoms with Crippen LogP contribution in [0.4, 0.5) is 15.8 Å². The van der Waals surface area contributed by atoms with Crippen LogP contribution in [0, 0.1) is 5.82 Å². The van der Waals surface area contributed by atoms with Gasteiger partial charge in [-0.2, -0.15) is 8.42 Å². The quantitative estimate of drug-likeness (QED) is 0.215. The minimum atomic E-state index is -4.34. The van der Waals surface area contributed by atoms with Crippen molar-refractivity contribution in [3.8, 4) is 5.75 Å². The zero-order valence-electron chi connectivity index (χ0n) is 27.4. The standard InChI is InChI=1S/C34H34FN7O8S/c1-39-26-12-18(3-7-24(26)42(34(39)48)25-8-9-28(44)37-33(25)47)17-2-5-21-14-22(11-17)40(21)15-29(45)36-20-4-6-23-19(10-20)13-27(43)32(31(23)35)41-16-30(46)38-51(41,49)50/h3-4,6-7,10,12-13,17,21-22,25,43H,2,5,8-9,11,14-16H2,1H3,(H,36,45)(H,38,46)(H,37,44,47). The lowest BCUT2D eigenvalue weighted by Gasteiger charge is -2.47. The highest BCUT2D eigenvalue weighted by molar-refractivity contribution is 7.92. The lowest BCUT2D eigenvalue weighted by Crippen LogP contribution is -2.56. The Morgan fingerprint density at radius 3 is 2.53 bits per heavy atom. The fraction of sp³-hybridized carbons (Fsp3) is 0.382. The van der Waals surface area contributed by atoms with E-state index in [1.807, 2.05) is 18.2 Å². The van der Waals surface area contributed by atoms with Crippen molar-refractivity contribution in [1.82, 2.24) is 24.1 Å². The molecule has 4 atom stereocenters. The number of piperidine rings is 1. The van der Waals surface area contributed by atoms with Crippen LogP contribution in [0.15, 0.2) is 47.3 Å². The number of benzene rings is 3. The predicted molar refractivity (Wildman–Crippen MR) is 183 cm³/mol. The molecule has 1 aromatic heterocycles. The van der Waals surface area contributed by atoms with Crippen molar-refractivity contribution in [2.24, 2.45) is 7.05 Å². The van der Waals surface area contributed by atoms with Crippen LogP contribution in [0.25, 0.3) is 21.8 Å². The van der Waals surface area contributed by atoms with E-state index in [0.717, 1.165) is 31.2 Å². The van der Waals surface area contributed by atoms with Crippen LogP contribution in [0.1, 0.15) is 56.0 Å². The molecule has 0 spiro atoms. The lowest BCUT2D eigenvalue weighted by atomic mass is 9.88. The van der Waals surface area contributed by atoms with Crippen molar-refractivity contribution in [2.45, 2.75) is 62.6 Å². The third-order valence-corrected chi connectivity index (χ3v) is 12.1. The number of imide groups is 1. The summed E-state index contributed by atoms with van der Waals surface area (Å²) in [4.78, 5) is 64.6. The summed E-state index contributed by atoms with van der Waals surface area (Å²) in [6, 6.07) is 11.1. The van der Waals surface area contributed by atoms with E-state index in [9.17, 15) is 37.5 Å². The maximum absolute atomic E-state index is 15.5. The highest BCUT2D eigenvalue weighted by atomic mass is 32.2. The number of imidazole rings is 1. The largest absolute Gasteiger partial charge is 0.506 e. The molecule has 5 aliphatic rings. The highest BCUT2D eigenvalue weighted by Crippen LogP contribution is 2.44. The van der Waals surface area contributed by atoms with Gasteiger partial charge in [-0.25, -0.2) is 18.2 Å². The van der Waals surface area contributed by atoms with Crippen molar-refractivity contribution in [2.75, 3.05) is 22.7 Å². The van der Waals surface area contributed by atoms with Gasteiger partial charge in [-0.05, 0) is 85.4 Å². The number of aromatic nitrogens is 2. The van der Waals surface area contributed by atoms with Crippen LogP contribution in [0.2, 0.25) is 0 Å². The molecule has 9 rings (SSSR count). The van der Waals surface area contributed by atoms with E-state index in [4.69, 9.17) is 0 Å². The first kappa shape index (κ1) is 32.9. The highest BCUT2D eigenvalue weighted by Gasteiger charge is 2.43. The van der Waals surface area contributed by atoms with Gasteiger partial charge in [0.2, 0.25) is 17.7 Å². The fourth-order valence-electron chi connectivity index (χ4n) is 8.19. The van der Waals surface area contributed by atoms with Gasteiger partial charge in [-0.3, -0.25) is 38.5 Å². The number of fused-ring (bicyclic) bond motifs is 5. The molecule has 1 saturated carbocycles. The molecule has 15 nitrogen and oxygen atoms in total. The number of phenols is 1. The molecule has 0 radical (unpaired) electrons. The Morgan fingerprint density at radius 2 is 1.78 bits per heavy atom. The minimum absolute atomic E-state index is 0.000877. The van der Waals surface area contributed by atoms with Gasteiger partial charge < -0.3 is 10.4 Å². The topological polar surface area (TPSA) is 192 Å². The van der Waals surface area contributed by atoms with E-state index >= 15 is 4.39 Å². The first-order valence-electron chi connectivity index (χ1n) is 16.7. The number of carbonyl (C=O) groups excluding carboxylic acids is 4.